The first-order valence-electron chi connectivity index (χ1n) is 7.25. The fourth-order valence-corrected chi connectivity index (χ4v) is 2.80. The number of benzene rings is 1. The fraction of sp³-hybridized carbons (Fsp3) is 0.600. The van der Waals surface area contributed by atoms with Crippen LogP contribution in [0.25, 0.3) is 0 Å². The highest BCUT2D eigenvalue weighted by Gasteiger charge is 2.22. The third-order valence-electron chi connectivity index (χ3n) is 3.88. The number of ether oxygens (including phenoxy) is 2. The number of piperazine rings is 1. The van der Waals surface area contributed by atoms with Gasteiger partial charge in [0, 0.05) is 43.9 Å². The standard InChI is InChI=1S/C15H22N2O2/c1-2-12-11-16-6-7-17(12)13-4-5-14-15(10-13)19-9-3-8-18-14/h4-5,10,12,16H,2-3,6-9,11H2,1H3. The van der Waals surface area contributed by atoms with Crippen molar-refractivity contribution in [2.24, 2.45) is 0 Å². The lowest BCUT2D eigenvalue weighted by Crippen LogP contribution is -2.51. The summed E-state index contributed by atoms with van der Waals surface area (Å²) in [6.45, 7) is 6.90. The van der Waals surface area contributed by atoms with Gasteiger partial charge in [-0.15, -0.1) is 0 Å². The molecule has 0 bridgehead atoms. The first-order valence-corrected chi connectivity index (χ1v) is 7.25. The molecule has 1 atom stereocenters. The molecule has 3 rings (SSSR count). The fourth-order valence-electron chi connectivity index (χ4n) is 2.80. The van der Waals surface area contributed by atoms with Crippen LogP contribution >= 0.6 is 0 Å². The summed E-state index contributed by atoms with van der Waals surface area (Å²) in [6, 6.07) is 6.90. The molecule has 0 aromatic heterocycles. The van der Waals surface area contributed by atoms with Gasteiger partial charge in [0.2, 0.25) is 0 Å². The minimum Gasteiger partial charge on any atom is -0.490 e. The van der Waals surface area contributed by atoms with Gasteiger partial charge in [-0.3, -0.25) is 0 Å². The van der Waals surface area contributed by atoms with Crippen LogP contribution in [0.1, 0.15) is 19.8 Å². The van der Waals surface area contributed by atoms with Gasteiger partial charge >= 0.3 is 0 Å². The normalized spacial score (nSPS) is 23.0. The van der Waals surface area contributed by atoms with Crippen LogP contribution in [0.3, 0.4) is 0 Å². The smallest absolute Gasteiger partial charge is 0.163 e. The molecule has 0 radical (unpaired) electrons. The van der Waals surface area contributed by atoms with E-state index in [4.69, 9.17) is 9.47 Å². The first kappa shape index (κ1) is 12.6. The average molecular weight is 262 g/mol. The number of anilines is 1. The zero-order valence-electron chi connectivity index (χ0n) is 11.5. The largest absolute Gasteiger partial charge is 0.490 e. The second-order valence-corrected chi connectivity index (χ2v) is 5.14. The molecule has 0 saturated carbocycles. The summed E-state index contributed by atoms with van der Waals surface area (Å²) >= 11 is 0. The number of rotatable bonds is 2. The third-order valence-corrected chi connectivity index (χ3v) is 3.88. The summed E-state index contributed by atoms with van der Waals surface area (Å²) in [5, 5.41) is 3.46. The number of hydrogen-bond donors (Lipinski definition) is 1. The molecule has 1 unspecified atom stereocenters. The van der Waals surface area contributed by atoms with E-state index in [2.05, 4.69) is 29.3 Å². The Labute approximate surface area is 114 Å². The zero-order valence-corrected chi connectivity index (χ0v) is 11.5. The Balaban J connectivity index is 1.86. The molecule has 2 aliphatic heterocycles. The monoisotopic (exact) mass is 262 g/mol. The summed E-state index contributed by atoms with van der Waals surface area (Å²) in [5.41, 5.74) is 1.25. The summed E-state index contributed by atoms with van der Waals surface area (Å²) in [4.78, 5) is 2.48. The van der Waals surface area contributed by atoms with Crippen molar-refractivity contribution in [3.8, 4) is 11.5 Å². The lowest BCUT2D eigenvalue weighted by Gasteiger charge is -2.37. The minimum absolute atomic E-state index is 0.568. The second kappa shape index (κ2) is 5.70. The van der Waals surface area contributed by atoms with Crippen molar-refractivity contribution in [2.75, 3.05) is 37.7 Å². The Morgan fingerprint density at radius 2 is 2.11 bits per heavy atom. The van der Waals surface area contributed by atoms with Gasteiger partial charge in [0.15, 0.2) is 11.5 Å². The van der Waals surface area contributed by atoms with Crippen LogP contribution in [0.2, 0.25) is 0 Å². The molecule has 0 amide bonds. The third kappa shape index (κ3) is 2.63. The minimum atomic E-state index is 0.568. The summed E-state index contributed by atoms with van der Waals surface area (Å²) in [6.07, 6.45) is 2.11. The molecule has 1 aromatic carbocycles. The van der Waals surface area contributed by atoms with Crippen molar-refractivity contribution in [1.29, 1.82) is 0 Å². The van der Waals surface area contributed by atoms with Crippen molar-refractivity contribution in [3.63, 3.8) is 0 Å². The SMILES string of the molecule is CCC1CNCCN1c1ccc2c(c1)OCCCO2. The lowest BCUT2D eigenvalue weighted by molar-refractivity contribution is 0.297. The molecule has 19 heavy (non-hydrogen) atoms. The van der Waals surface area contributed by atoms with Gasteiger partial charge in [-0.05, 0) is 18.6 Å². The highest BCUT2D eigenvalue weighted by Crippen LogP contribution is 2.34. The predicted molar refractivity (Wildman–Crippen MR) is 76.3 cm³/mol. The van der Waals surface area contributed by atoms with Crippen molar-refractivity contribution < 1.29 is 9.47 Å². The number of nitrogens with one attached hydrogen (secondary N) is 1. The molecule has 1 N–H and O–H groups in total. The molecule has 2 heterocycles. The van der Waals surface area contributed by atoms with Gasteiger partial charge in [-0.2, -0.15) is 0 Å². The summed E-state index contributed by atoms with van der Waals surface area (Å²) < 4.78 is 11.5. The Morgan fingerprint density at radius 1 is 1.26 bits per heavy atom. The maximum atomic E-state index is 5.78. The molecule has 2 aliphatic rings. The van der Waals surface area contributed by atoms with E-state index in [-0.39, 0.29) is 0 Å². The van der Waals surface area contributed by atoms with Crippen LogP contribution in [0.4, 0.5) is 5.69 Å². The van der Waals surface area contributed by atoms with E-state index in [1.807, 2.05) is 6.07 Å². The summed E-state index contributed by atoms with van der Waals surface area (Å²) in [5.74, 6) is 1.77. The van der Waals surface area contributed by atoms with Crippen LogP contribution in [-0.2, 0) is 0 Å². The molecule has 4 nitrogen and oxygen atoms in total. The van der Waals surface area contributed by atoms with E-state index in [0.717, 1.165) is 57.2 Å². The Morgan fingerprint density at radius 3 is 2.95 bits per heavy atom. The van der Waals surface area contributed by atoms with Crippen LogP contribution in [-0.4, -0.2) is 38.9 Å². The lowest BCUT2D eigenvalue weighted by atomic mass is 10.1. The first-order chi connectivity index (χ1) is 9.38. The predicted octanol–water partition coefficient (Wildman–Crippen LogP) is 2.04. The topological polar surface area (TPSA) is 33.7 Å². The molecule has 1 fully saturated rings. The van der Waals surface area contributed by atoms with Crippen LogP contribution in [0, 0.1) is 0 Å². The summed E-state index contributed by atoms with van der Waals surface area (Å²) in [7, 11) is 0. The quantitative estimate of drug-likeness (QED) is 0.884. The number of hydrogen-bond acceptors (Lipinski definition) is 4. The molecule has 1 aromatic rings. The van der Waals surface area contributed by atoms with Gasteiger partial charge in [-0.1, -0.05) is 6.92 Å². The zero-order chi connectivity index (χ0) is 13.1. The highest BCUT2D eigenvalue weighted by atomic mass is 16.5. The Kier molecular flexibility index (Phi) is 3.78. The van der Waals surface area contributed by atoms with Gasteiger partial charge in [0.25, 0.3) is 0 Å². The molecule has 1 saturated heterocycles. The van der Waals surface area contributed by atoms with E-state index in [9.17, 15) is 0 Å². The Bertz CT molecular complexity index is 436. The van der Waals surface area contributed by atoms with Gasteiger partial charge in [-0.25, -0.2) is 0 Å². The molecular formula is C15H22N2O2. The number of nitrogens with zero attached hydrogens (tertiary/aromatic N) is 1. The molecule has 0 spiro atoms. The van der Waals surface area contributed by atoms with Crippen molar-refractivity contribution in [3.05, 3.63) is 18.2 Å². The molecule has 104 valence electrons. The van der Waals surface area contributed by atoms with E-state index < -0.39 is 0 Å². The van der Waals surface area contributed by atoms with E-state index >= 15 is 0 Å². The second-order valence-electron chi connectivity index (χ2n) is 5.14. The van der Waals surface area contributed by atoms with Crippen molar-refractivity contribution >= 4 is 5.69 Å². The molecule has 0 aliphatic carbocycles. The van der Waals surface area contributed by atoms with Crippen LogP contribution in [0.5, 0.6) is 11.5 Å². The maximum absolute atomic E-state index is 5.78. The van der Waals surface area contributed by atoms with E-state index in [1.54, 1.807) is 0 Å². The molecule has 4 heteroatoms. The van der Waals surface area contributed by atoms with Gasteiger partial charge < -0.3 is 19.7 Å². The number of fused-ring (bicyclic) bond motifs is 1. The van der Waals surface area contributed by atoms with E-state index in [0.29, 0.717) is 6.04 Å². The van der Waals surface area contributed by atoms with Crippen molar-refractivity contribution in [1.82, 2.24) is 5.32 Å². The van der Waals surface area contributed by atoms with Crippen LogP contribution in [0.15, 0.2) is 18.2 Å². The maximum Gasteiger partial charge on any atom is 0.163 e. The van der Waals surface area contributed by atoms with Crippen molar-refractivity contribution in [2.45, 2.75) is 25.8 Å². The van der Waals surface area contributed by atoms with Gasteiger partial charge in [0.05, 0.1) is 13.2 Å². The van der Waals surface area contributed by atoms with Crippen LogP contribution < -0.4 is 19.7 Å². The average Bonchev–Trinajstić information content (AvgIpc) is 2.71. The Hall–Kier alpha value is -1.42. The van der Waals surface area contributed by atoms with E-state index in [1.165, 1.54) is 5.69 Å². The molecular weight excluding hydrogens is 240 g/mol. The highest BCUT2D eigenvalue weighted by molar-refractivity contribution is 5.57. The van der Waals surface area contributed by atoms with Gasteiger partial charge in [0.1, 0.15) is 0 Å².